The third-order valence-electron chi connectivity index (χ3n) is 3.08. The fraction of sp³-hybridized carbons (Fsp3) is 0.462. The van der Waals surface area contributed by atoms with Gasteiger partial charge in [-0.15, -0.1) is 0 Å². The lowest BCUT2D eigenvalue weighted by molar-refractivity contribution is -0.117. The van der Waals surface area contributed by atoms with Gasteiger partial charge in [-0.05, 0) is 42.9 Å². The molecule has 3 nitrogen and oxygen atoms in total. The highest BCUT2D eigenvalue weighted by Crippen LogP contribution is 2.27. The third kappa shape index (κ3) is 2.54. The van der Waals surface area contributed by atoms with E-state index in [1.165, 1.54) is 36.1 Å². The predicted molar refractivity (Wildman–Crippen MR) is 65.4 cm³/mol. The van der Waals surface area contributed by atoms with E-state index in [0.717, 1.165) is 6.42 Å². The highest BCUT2D eigenvalue weighted by Gasteiger charge is 2.12. The number of hydrogen-bond donors (Lipinski definition) is 2. The lowest BCUT2D eigenvalue weighted by Crippen LogP contribution is -2.17. The molecule has 0 aromatic heterocycles. The standard InChI is InChI=1S/C13H18N2O/c14-13(16)8-9-15-12-7-3-5-10-4-1-2-6-11(10)12/h3,5,7,15H,1-2,4,6,8-9H2,(H2,14,16). The van der Waals surface area contributed by atoms with Crippen LogP contribution < -0.4 is 11.1 Å². The number of carbonyl (C=O) groups excluding carboxylic acids is 1. The van der Waals surface area contributed by atoms with Crippen molar-refractivity contribution in [3.05, 3.63) is 29.3 Å². The summed E-state index contributed by atoms with van der Waals surface area (Å²) in [5.74, 6) is -0.253. The fourth-order valence-electron chi connectivity index (χ4n) is 2.27. The molecule has 1 aromatic rings. The second-order valence-electron chi connectivity index (χ2n) is 4.29. The maximum atomic E-state index is 10.7. The van der Waals surface area contributed by atoms with Crippen LogP contribution >= 0.6 is 0 Å². The number of nitrogens with one attached hydrogen (secondary N) is 1. The Bertz CT molecular complexity index is 388. The first kappa shape index (κ1) is 11.0. The van der Waals surface area contributed by atoms with Crippen LogP contribution in [0.25, 0.3) is 0 Å². The molecule has 1 amide bonds. The fourth-order valence-corrected chi connectivity index (χ4v) is 2.27. The predicted octanol–water partition coefficient (Wildman–Crippen LogP) is 1.85. The van der Waals surface area contributed by atoms with Crippen molar-refractivity contribution in [1.29, 1.82) is 0 Å². The molecule has 3 heteroatoms. The molecule has 0 spiro atoms. The topological polar surface area (TPSA) is 55.1 Å². The van der Waals surface area contributed by atoms with Gasteiger partial charge in [-0.1, -0.05) is 12.1 Å². The Morgan fingerprint density at radius 3 is 2.94 bits per heavy atom. The molecule has 0 atom stereocenters. The smallest absolute Gasteiger partial charge is 0.219 e. The van der Waals surface area contributed by atoms with E-state index in [-0.39, 0.29) is 5.91 Å². The maximum Gasteiger partial charge on any atom is 0.219 e. The van der Waals surface area contributed by atoms with E-state index in [0.29, 0.717) is 13.0 Å². The molecule has 0 saturated carbocycles. The van der Waals surface area contributed by atoms with Gasteiger partial charge in [-0.3, -0.25) is 4.79 Å². The van der Waals surface area contributed by atoms with E-state index in [4.69, 9.17) is 5.73 Å². The minimum atomic E-state index is -0.253. The lowest BCUT2D eigenvalue weighted by Gasteiger charge is -2.19. The largest absolute Gasteiger partial charge is 0.384 e. The lowest BCUT2D eigenvalue weighted by atomic mass is 9.90. The van der Waals surface area contributed by atoms with Gasteiger partial charge in [0.1, 0.15) is 0 Å². The normalized spacial score (nSPS) is 14.2. The first-order chi connectivity index (χ1) is 7.77. The molecule has 0 heterocycles. The summed E-state index contributed by atoms with van der Waals surface area (Å²) >= 11 is 0. The number of aryl methyl sites for hydroxylation is 1. The van der Waals surface area contributed by atoms with E-state index >= 15 is 0 Å². The highest BCUT2D eigenvalue weighted by atomic mass is 16.1. The Morgan fingerprint density at radius 2 is 2.12 bits per heavy atom. The van der Waals surface area contributed by atoms with E-state index in [9.17, 15) is 4.79 Å². The van der Waals surface area contributed by atoms with Crippen LogP contribution in [0.4, 0.5) is 5.69 Å². The molecule has 1 aliphatic rings. The average molecular weight is 218 g/mol. The van der Waals surface area contributed by atoms with Crippen molar-refractivity contribution in [2.24, 2.45) is 5.73 Å². The zero-order valence-electron chi connectivity index (χ0n) is 9.46. The summed E-state index contributed by atoms with van der Waals surface area (Å²) in [6, 6.07) is 6.37. The van der Waals surface area contributed by atoms with Crippen molar-refractivity contribution in [2.75, 3.05) is 11.9 Å². The van der Waals surface area contributed by atoms with Crippen molar-refractivity contribution in [3.8, 4) is 0 Å². The van der Waals surface area contributed by atoms with Gasteiger partial charge in [0.05, 0.1) is 0 Å². The van der Waals surface area contributed by atoms with Gasteiger partial charge in [0.25, 0.3) is 0 Å². The number of anilines is 1. The molecular weight excluding hydrogens is 200 g/mol. The third-order valence-corrected chi connectivity index (χ3v) is 3.08. The molecular formula is C13H18N2O. The van der Waals surface area contributed by atoms with Gasteiger partial charge in [0.15, 0.2) is 0 Å². The first-order valence-corrected chi connectivity index (χ1v) is 5.90. The van der Waals surface area contributed by atoms with Gasteiger partial charge in [-0.2, -0.15) is 0 Å². The molecule has 1 aliphatic carbocycles. The molecule has 0 fully saturated rings. The second kappa shape index (κ2) is 5.01. The number of fused-ring (bicyclic) bond motifs is 1. The van der Waals surface area contributed by atoms with Crippen LogP contribution in [0.15, 0.2) is 18.2 Å². The molecule has 0 aliphatic heterocycles. The van der Waals surface area contributed by atoms with Crippen molar-refractivity contribution in [3.63, 3.8) is 0 Å². The van der Waals surface area contributed by atoms with E-state index < -0.39 is 0 Å². The number of hydrogen-bond acceptors (Lipinski definition) is 2. The Labute approximate surface area is 96.0 Å². The van der Waals surface area contributed by atoms with Gasteiger partial charge >= 0.3 is 0 Å². The molecule has 3 N–H and O–H groups in total. The Hall–Kier alpha value is -1.51. The Morgan fingerprint density at radius 1 is 1.31 bits per heavy atom. The quantitative estimate of drug-likeness (QED) is 0.810. The van der Waals surface area contributed by atoms with Crippen LogP contribution in [0.5, 0.6) is 0 Å². The van der Waals surface area contributed by atoms with Gasteiger partial charge in [0.2, 0.25) is 5.91 Å². The SMILES string of the molecule is NC(=O)CCNc1cccc2c1CCCC2. The van der Waals surface area contributed by atoms with Gasteiger partial charge in [-0.25, -0.2) is 0 Å². The summed E-state index contributed by atoms with van der Waals surface area (Å²) in [7, 11) is 0. The summed E-state index contributed by atoms with van der Waals surface area (Å²) in [4.78, 5) is 10.7. The van der Waals surface area contributed by atoms with Crippen molar-refractivity contribution in [2.45, 2.75) is 32.1 Å². The monoisotopic (exact) mass is 218 g/mol. The molecule has 86 valence electrons. The summed E-state index contributed by atoms with van der Waals surface area (Å²) in [6.07, 6.45) is 5.28. The van der Waals surface area contributed by atoms with Gasteiger partial charge < -0.3 is 11.1 Å². The van der Waals surface area contributed by atoms with Gasteiger partial charge in [0, 0.05) is 18.7 Å². The highest BCUT2D eigenvalue weighted by molar-refractivity contribution is 5.74. The summed E-state index contributed by atoms with van der Waals surface area (Å²) in [5.41, 5.74) is 9.18. The molecule has 0 radical (unpaired) electrons. The Kier molecular flexibility index (Phi) is 3.44. The van der Waals surface area contributed by atoms with Crippen molar-refractivity contribution in [1.82, 2.24) is 0 Å². The minimum absolute atomic E-state index is 0.253. The van der Waals surface area contributed by atoms with Crippen LogP contribution in [-0.2, 0) is 17.6 Å². The van der Waals surface area contributed by atoms with Crippen molar-refractivity contribution < 1.29 is 4.79 Å². The average Bonchev–Trinajstić information content (AvgIpc) is 2.29. The molecule has 0 unspecified atom stereocenters. The number of nitrogens with two attached hydrogens (primary N) is 1. The van der Waals surface area contributed by atoms with E-state index in [1.807, 2.05) is 0 Å². The van der Waals surface area contributed by atoms with E-state index in [1.54, 1.807) is 0 Å². The zero-order valence-corrected chi connectivity index (χ0v) is 9.46. The Balaban J connectivity index is 2.05. The molecule has 16 heavy (non-hydrogen) atoms. The zero-order chi connectivity index (χ0) is 11.4. The number of primary amides is 1. The summed E-state index contributed by atoms with van der Waals surface area (Å²) < 4.78 is 0. The maximum absolute atomic E-state index is 10.7. The number of benzene rings is 1. The number of rotatable bonds is 4. The van der Waals surface area contributed by atoms with Crippen LogP contribution in [0.3, 0.4) is 0 Å². The van der Waals surface area contributed by atoms with Crippen LogP contribution in [0.2, 0.25) is 0 Å². The number of amides is 1. The minimum Gasteiger partial charge on any atom is -0.384 e. The number of carbonyl (C=O) groups is 1. The van der Waals surface area contributed by atoms with E-state index in [2.05, 4.69) is 23.5 Å². The van der Waals surface area contributed by atoms with Crippen LogP contribution in [0, 0.1) is 0 Å². The summed E-state index contributed by atoms with van der Waals surface area (Å²) in [5, 5.41) is 3.30. The molecule has 0 saturated heterocycles. The second-order valence-corrected chi connectivity index (χ2v) is 4.29. The van der Waals surface area contributed by atoms with Crippen LogP contribution in [0.1, 0.15) is 30.4 Å². The first-order valence-electron chi connectivity index (χ1n) is 5.90. The van der Waals surface area contributed by atoms with Crippen LogP contribution in [-0.4, -0.2) is 12.5 Å². The molecule has 1 aromatic carbocycles. The molecule has 0 bridgehead atoms. The molecule has 2 rings (SSSR count). The summed E-state index contributed by atoms with van der Waals surface area (Å²) in [6.45, 7) is 0.631. The van der Waals surface area contributed by atoms with Crippen molar-refractivity contribution >= 4 is 11.6 Å².